The average Bonchev–Trinajstić information content (AvgIpc) is 4.16. The van der Waals surface area contributed by atoms with Crippen molar-refractivity contribution in [2.45, 2.75) is 109 Å². The maximum Gasteiger partial charge on any atom is 0.343 e. The number of rotatable bonds is 22. The third-order valence-corrected chi connectivity index (χ3v) is 14.2. The van der Waals surface area contributed by atoms with Gasteiger partial charge in [0.25, 0.3) is 17.4 Å². The Kier molecular flexibility index (Phi) is 16.4. The topological polar surface area (TPSA) is 331 Å². The Morgan fingerprint density at radius 1 is 0.831 bits per heavy atom. The number of esters is 1. The van der Waals surface area contributed by atoms with Gasteiger partial charge in [0, 0.05) is 54.1 Å². The number of nitrogens with zero attached hydrogens (tertiary/aromatic N) is 3. The number of imide groups is 1. The van der Waals surface area contributed by atoms with Crippen molar-refractivity contribution in [3.63, 3.8) is 0 Å². The fourth-order valence-corrected chi connectivity index (χ4v) is 10.1. The van der Waals surface area contributed by atoms with Gasteiger partial charge in [-0.25, -0.2) is 19.0 Å². The second-order valence-electron chi connectivity index (χ2n) is 19.2. The smallest absolute Gasteiger partial charge is 0.343 e. The van der Waals surface area contributed by atoms with E-state index in [1.807, 2.05) is 0 Å². The summed E-state index contributed by atoms with van der Waals surface area (Å²) in [5.41, 5.74) is 1.43. The first-order valence-electron chi connectivity index (χ1n) is 25.1. The predicted octanol–water partition coefficient (Wildman–Crippen LogP) is 0.152. The summed E-state index contributed by atoms with van der Waals surface area (Å²) in [6, 6.07) is 7.89. The molecule has 4 aliphatic rings. The van der Waals surface area contributed by atoms with Gasteiger partial charge < -0.3 is 51.4 Å². The number of aliphatic carboxylic acids is 1. The van der Waals surface area contributed by atoms with Crippen molar-refractivity contribution in [1.29, 1.82) is 0 Å². The van der Waals surface area contributed by atoms with Gasteiger partial charge in [-0.1, -0.05) is 43.7 Å². The van der Waals surface area contributed by atoms with Crippen molar-refractivity contribution < 1.29 is 67.3 Å². The Hall–Kier alpha value is -8.67. The SMILES string of the molecule is CC[C@@]1(O)C(=O)OCc2c1cc1n(c2=O)Cc2c-1nc1cc(F)c(C)c3c1c2[C@@H](NC(=O)CNC(=O)[C@H](Cc1ccccc1)NC(=O)CNC(=O)CNC(=O)C[C@H](NC(=O)CCCCCN1C(=O)C=CC1=O)C(=O)O)CC3. The summed E-state index contributed by atoms with van der Waals surface area (Å²) < 4.78 is 22.1. The summed E-state index contributed by atoms with van der Waals surface area (Å²) in [5, 5.41) is 36.6. The predicted molar refractivity (Wildman–Crippen MR) is 268 cm³/mol. The molecule has 24 heteroatoms. The van der Waals surface area contributed by atoms with Crippen molar-refractivity contribution in [3.05, 3.63) is 110 Å². The Labute approximate surface area is 438 Å². The number of pyridine rings is 2. The molecule has 23 nitrogen and oxygen atoms in total. The van der Waals surface area contributed by atoms with Crippen LogP contribution in [-0.2, 0) is 84.3 Å². The molecule has 4 atom stereocenters. The molecule has 8 rings (SSSR count). The summed E-state index contributed by atoms with van der Waals surface area (Å²) in [6.07, 6.45) is 3.30. The molecule has 0 radical (unpaired) electrons. The van der Waals surface area contributed by atoms with E-state index in [9.17, 15) is 63.0 Å². The second-order valence-corrected chi connectivity index (χ2v) is 19.2. The van der Waals surface area contributed by atoms with E-state index in [0.29, 0.717) is 76.7 Å². The molecule has 2 aromatic carbocycles. The lowest BCUT2D eigenvalue weighted by atomic mass is 9.81. The van der Waals surface area contributed by atoms with E-state index < -0.39 is 120 Å². The molecule has 2 aromatic heterocycles. The molecule has 0 spiro atoms. The number of fused-ring (bicyclic) bond motifs is 5. The van der Waals surface area contributed by atoms with E-state index in [1.54, 1.807) is 50.2 Å². The zero-order valence-corrected chi connectivity index (χ0v) is 42.0. The van der Waals surface area contributed by atoms with Crippen LogP contribution < -0.4 is 37.5 Å². The van der Waals surface area contributed by atoms with Crippen LogP contribution in [0, 0.1) is 12.7 Å². The van der Waals surface area contributed by atoms with Crippen molar-refractivity contribution in [2.75, 3.05) is 26.2 Å². The van der Waals surface area contributed by atoms with E-state index in [0.717, 1.165) is 4.90 Å². The van der Waals surface area contributed by atoms with Gasteiger partial charge in [-0.15, -0.1) is 0 Å². The fraction of sp³-hybridized carbons (Fsp3) is 0.396. The van der Waals surface area contributed by atoms with Crippen molar-refractivity contribution >= 4 is 70.1 Å². The first-order valence-corrected chi connectivity index (χ1v) is 25.1. The zero-order valence-electron chi connectivity index (χ0n) is 42.0. The third-order valence-electron chi connectivity index (χ3n) is 14.2. The maximum absolute atomic E-state index is 15.5. The number of benzene rings is 2. The van der Waals surface area contributed by atoms with Gasteiger partial charge in [0.05, 0.1) is 61.1 Å². The first kappa shape index (κ1) is 54.6. The molecular formula is C53H56FN9O14. The van der Waals surface area contributed by atoms with Crippen LogP contribution in [0.25, 0.3) is 22.3 Å². The number of aryl methyl sites for hydroxylation is 1. The largest absolute Gasteiger partial charge is 0.480 e. The molecular weight excluding hydrogens is 1010 g/mol. The second kappa shape index (κ2) is 23.1. The van der Waals surface area contributed by atoms with Crippen molar-refractivity contribution in [2.24, 2.45) is 0 Å². The summed E-state index contributed by atoms with van der Waals surface area (Å²) in [4.78, 5) is 146. The van der Waals surface area contributed by atoms with E-state index in [4.69, 9.17) is 9.72 Å². The van der Waals surface area contributed by atoms with E-state index in [1.165, 1.54) is 22.8 Å². The lowest BCUT2D eigenvalue weighted by molar-refractivity contribution is -0.172. The quantitative estimate of drug-likeness (QED) is 0.0260. The summed E-state index contributed by atoms with van der Waals surface area (Å²) in [7, 11) is 0. The molecule has 1 aliphatic carbocycles. The molecule has 0 bridgehead atoms. The number of carbonyl (C=O) groups is 10. The van der Waals surface area contributed by atoms with Gasteiger partial charge in [0.2, 0.25) is 35.4 Å². The minimum atomic E-state index is -2.08. The maximum atomic E-state index is 15.5. The lowest BCUT2D eigenvalue weighted by Gasteiger charge is -2.31. The minimum absolute atomic E-state index is 0.0100. The number of carbonyl (C=O) groups excluding carboxylic acids is 9. The summed E-state index contributed by atoms with van der Waals surface area (Å²) >= 11 is 0. The van der Waals surface area contributed by atoms with Gasteiger partial charge in [-0.05, 0) is 67.3 Å². The number of aromatic nitrogens is 2. The molecule has 0 unspecified atom stereocenters. The molecule has 8 N–H and O–H groups in total. The molecule has 404 valence electrons. The molecule has 0 saturated heterocycles. The highest BCUT2D eigenvalue weighted by Crippen LogP contribution is 2.46. The van der Waals surface area contributed by atoms with Crippen LogP contribution in [0.1, 0.15) is 96.9 Å². The molecule has 0 fully saturated rings. The van der Waals surface area contributed by atoms with Crippen molar-refractivity contribution in [1.82, 2.24) is 46.4 Å². The Morgan fingerprint density at radius 3 is 2.23 bits per heavy atom. The van der Waals surface area contributed by atoms with Crippen molar-refractivity contribution in [3.8, 4) is 11.4 Å². The fourth-order valence-electron chi connectivity index (χ4n) is 10.1. The van der Waals surface area contributed by atoms with Gasteiger partial charge in [-0.2, -0.15) is 0 Å². The number of nitrogens with one attached hydrogen (secondary N) is 6. The van der Waals surface area contributed by atoms with Crippen LogP contribution in [-0.4, -0.2) is 122 Å². The normalized spacial score (nSPS) is 17.6. The zero-order chi connectivity index (χ0) is 55.3. The molecule has 8 amide bonds. The third kappa shape index (κ3) is 11.8. The molecule has 77 heavy (non-hydrogen) atoms. The highest BCUT2D eigenvalue weighted by molar-refractivity contribution is 6.12. The Bertz CT molecular complexity index is 3210. The van der Waals surface area contributed by atoms with E-state index in [2.05, 4.69) is 31.9 Å². The average molecular weight is 1060 g/mol. The number of carboxylic acid groups (broad SMARTS) is 1. The number of amides is 8. The Balaban J connectivity index is 0.857. The van der Waals surface area contributed by atoms with Crippen LogP contribution in [0.3, 0.4) is 0 Å². The number of unbranched alkanes of at least 4 members (excludes halogenated alkanes) is 2. The van der Waals surface area contributed by atoms with Crippen LogP contribution in [0.4, 0.5) is 4.39 Å². The van der Waals surface area contributed by atoms with Gasteiger partial charge in [-0.3, -0.25) is 48.1 Å². The highest BCUT2D eigenvalue weighted by Gasteiger charge is 2.46. The van der Waals surface area contributed by atoms with Crippen LogP contribution in [0.5, 0.6) is 0 Å². The molecule has 4 aromatic rings. The standard InChI is InChI=1S/C53H56FN9O14/c1-3-53(76)32-19-38-48-30(25-63(38)50(72)31(32)26-77-52(53)75)47-34(14-13-29-27(2)33(54)20-35(61-48)46(29)47)58-43(68)24-57-49(71)36(18-28-10-6-4-7-11-28)59-42(67)23-56-41(66)22-55-40(65)21-37(51(73)74)60-39(64)12-8-5-9-17-62-44(69)15-16-45(62)70/h4,6-7,10-11,15-16,19-20,34,36-37,76H,3,5,8-9,12-14,17-18,21-26H2,1-2H3,(H,55,65)(H,56,66)(H,57,71)(H,58,68)(H,59,67)(H,60,64)(H,73,74)/t34-,36-,37-,53-/m0/s1. The van der Waals surface area contributed by atoms with Gasteiger partial charge in [0.15, 0.2) is 5.60 Å². The molecule has 5 heterocycles. The number of cyclic esters (lactones) is 1. The Morgan fingerprint density at radius 2 is 1.52 bits per heavy atom. The summed E-state index contributed by atoms with van der Waals surface area (Å²) in [6.45, 7) is 1.21. The first-order chi connectivity index (χ1) is 36.8. The van der Waals surface area contributed by atoms with Crippen LogP contribution in [0.15, 0.2) is 59.4 Å². The van der Waals surface area contributed by atoms with Gasteiger partial charge in [0.1, 0.15) is 24.5 Å². The van der Waals surface area contributed by atoms with Crippen LogP contribution >= 0.6 is 0 Å². The minimum Gasteiger partial charge on any atom is -0.480 e. The number of aliphatic hydroxyl groups is 1. The molecule has 0 saturated carbocycles. The lowest BCUT2D eigenvalue weighted by Crippen LogP contribution is -2.52. The van der Waals surface area contributed by atoms with E-state index >= 15 is 4.39 Å². The van der Waals surface area contributed by atoms with Crippen LogP contribution in [0.2, 0.25) is 0 Å². The number of hydrogen-bond acceptors (Lipinski definition) is 14. The number of carboxylic acids is 1. The molecule has 3 aliphatic heterocycles. The highest BCUT2D eigenvalue weighted by atomic mass is 19.1. The number of halogens is 1. The van der Waals surface area contributed by atoms with E-state index in [-0.39, 0.29) is 55.6 Å². The van der Waals surface area contributed by atoms with Gasteiger partial charge >= 0.3 is 11.9 Å². The number of hydrogen-bond donors (Lipinski definition) is 8. The monoisotopic (exact) mass is 1060 g/mol. The summed E-state index contributed by atoms with van der Waals surface area (Å²) in [5.74, 6) is -8.29. The number of ether oxygens (including phenoxy) is 1.